The van der Waals surface area contributed by atoms with E-state index in [9.17, 15) is 18.0 Å². The molecule has 0 saturated carbocycles. The van der Waals surface area contributed by atoms with Gasteiger partial charge in [-0.05, 0) is 23.6 Å². The summed E-state index contributed by atoms with van der Waals surface area (Å²) >= 11 is 6.71. The fourth-order valence-electron chi connectivity index (χ4n) is 1.28. The van der Waals surface area contributed by atoms with Gasteiger partial charge in [-0.15, -0.1) is 11.3 Å². The first-order valence-corrected chi connectivity index (χ1v) is 5.69. The molecule has 0 bridgehead atoms. The zero-order valence-corrected chi connectivity index (χ0v) is 9.71. The first-order valence-electron chi connectivity index (χ1n) is 4.43. The van der Waals surface area contributed by atoms with Gasteiger partial charge in [0.15, 0.2) is 17.5 Å². The van der Waals surface area contributed by atoms with Crippen molar-refractivity contribution in [2.75, 3.05) is 0 Å². The normalized spacial score (nSPS) is 10.6. The standard InChI is InChI=1S/C11H4ClF3OS/c12-6-3-4-17-11(6)10(16)5-1-2-7(13)9(15)8(5)14/h1-4H. The number of hydrogen-bond acceptors (Lipinski definition) is 2. The lowest BCUT2D eigenvalue weighted by molar-refractivity contribution is 0.103. The van der Waals surface area contributed by atoms with Crippen molar-refractivity contribution >= 4 is 28.7 Å². The molecule has 0 aliphatic rings. The zero-order valence-electron chi connectivity index (χ0n) is 8.14. The summed E-state index contributed by atoms with van der Waals surface area (Å²) in [5.74, 6) is -5.26. The van der Waals surface area contributed by atoms with E-state index in [1.165, 1.54) is 6.07 Å². The summed E-state index contributed by atoms with van der Waals surface area (Å²) in [6.45, 7) is 0. The van der Waals surface area contributed by atoms with Crippen molar-refractivity contribution in [3.63, 3.8) is 0 Å². The Kier molecular flexibility index (Phi) is 3.22. The molecule has 2 aromatic rings. The number of hydrogen-bond donors (Lipinski definition) is 0. The summed E-state index contributed by atoms with van der Waals surface area (Å²) in [5, 5.41) is 1.71. The van der Waals surface area contributed by atoms with Crippen molar-refractivity contribution in [2.24, 2.45) is 0 Å². The summed E-state index contributed by atoms with van der Waals surface area (Å²) in [7, 11) is 0. The monoisotopic (exact) mass is 276 g/mol. The molecule has 0 spiro atoms. The Morgan fingerprint density at radius 2 is 1.82 bits per heavy atom. The maximum Gasteiger partial charge on any atom is 0.207 e. The number of thiophene rings is 1. The lowest BCUT2D eigenvalue weighted by Gasteiger charge is -2.02. The van der Waals surface area contributed by atoms with E-state index < -0.39 is 28.8 Å². The van der Waals surface area contributed by atoms with Gasteiger partial charge >= 0.3 is 0 Å². The molecule has 0 unspecified atom stereocenters. The van der Waals surface area contributed by atoms with E-state index in [1.54, 1.807) is 5.38 Å². The SMILES string of the molecule is O=C(c1ccc(F)c(F)c1F)c1sccc1Cl. The lowest BCUT2D eigenvalue weighted by atomic mass is 10.1. The number of carbonyl (C=O) groups is 1. The molecule has 0 N–H and O–H groups in total. The fourth-order valence-corrected chi connectivity index (χ4v) is 2.37. The molecule has 1 heterocycles. The number of halogens is 4. The second-order valence-corrected chi connectivity index (χ2v) is 4.47. The van der Waals surface area contributed by atoms with Crippen LogP contribution < -0.4 is 0 Å². The van der Waals surface area contributed by atoms with Gasteiger partial charge in [0.05, 0.1) is 15.5 Å². The third-order valence-electron chi connectivity index (χ3n) is 2.10. The molecule has 0 fully saturated rings. The van der Waals surface area contributed by atoms with Crippen LogP contribution in [0.25, 0.3) is 0 Å². The van der Waals surface area contributed by atoms with Gasteiger partial charge < -0.3 is 0 Å². The summed E-state index contributed by atoms with van der Waals surface area (Å²) in [5.41, 5.74) is -0.534. The highest BCUT2D eigenvalue weighted by molar-refractivity contribution is 7.13. The molecule has 0 radical (unpaired) electrons. The van der Waals surface area contributed by atoms with E-state index in [1.807, 2.05) is 0 Å². The van der Waals surface area contributed by atoms with Crippen LogP contribution in [0.5, 0.6) is 0 Å². The van der Waals surface area contributed by atoms with Crippen molar-refractivity contribution in [2.45, 2.75) is 0 Å². The van der Waals surface area contributed by atoms with E-state index in [4.69, 9.17) is 11.6 Å². The van der Waals surface area contributed by atoms with Crippen LogP contribution >= 0.6 is 22.9 Å². The van der Waals surface area contributed by atoms with Gasteiger partial charge in [-0.2, -0.15) is 0 Å². The maximum absolute atomic E-state index is 13.4. The average molecular weight is 277 g/mol. The Hall–Kier alpha value is -1.33. The number of rotatable bonds is 2. The molecule has 17 heavy (non-hydrogen) atoms. The van der Waals surface area contributed by atoms with Crippen LogP contribution in [0.3, 0.4) is 0 Å². The number of benzene rings is 1. The Labute approximate surface area is 103 Å². The molecule has 6 heteroatoms. The lowest BCUT2D eigenvalue weighted by Crippen LogP contribution is -2.06. The average Bonchev–Trinajstić information content (AvgIpc) is 2.72. The molecule has 1 nitrogen and oxygen atoms in total. The van der Waals surface area contributed by atoms with Gasteiger partial charge in [0.1, 0.15) is 0 Å². The summed E-state index contributed by atoms with van der Waals surface area (Å²) < 4.78 is 39.0. The van der Waals surface area contributed by atoms with Gasteiger partial charge in [-0.25, -0.2) is 13.2 Å². The van der Waals surface area contributed by atoms with Gasteiger partial charge in [0.2, 0.25) is 5.78 Å². The van der Waals surface area contributed by atoms with Gasteiger partial charge in [-0.1, -0.05) is 11.6 Å². The second kappa shape index (κ2) is 4.50. The van der Waals surface area contributed by atoms with Crippen LogP contribution in [0.1, 0.15) is 15.2 Å². The van der Waals surface area contributed by atoms with E-state index in [-0.39, 0.29) is 9.90 Å². The Balaban J connectivity index is 2.53. The van der Waals surface area contributed by atoms with Crippen molar-refractivity contribution in [3.8, 4) is 0 Å². The third kappa shape index (κ3) is 2.08. The molecule has 0 amide bonds. The first-order chi connectivity index (χ1) is 8.02. The summed E-state index contributed by atoms with van der Waals surface area (Å²) in [6, 6.07) is 3.07. The van der Waals surface area contributed by atoms with Crippen LogP contribution in [-0.2, 0) is 0 Å². The molecular formula is C11H4ClF3OS. The quantitative estimate of drug-likeness (QED) is 0.597. The second-order valence-electron chi connectivity index (χ2n) is 3.15. The van der Waals surface area contributed by atoms with E-state index in [2.05, 4.69) is 0 Å². The van der Waals surface area contributed by atoms with Crippen molar-refractivity contribution < 1.29 is 18.0 Å². The molecule has 0 aliphatic carbocycles. The van der Waals surface area contributed by atoms with Crippen LogP contribution in [0.2, 0.25) is 5.02 Å². The first kappa shape index (κ1) is 12.1. The molecular weight excluding hydrogens is 273 g/mol. The molecule has 0 saturated heterocycles. The Morgan fingerprint density at radius 1 is 1.12 bits per heavy atom. The maximum atomic E-state index is 13.4. The molecule has 1 aromatic carbocycles. The third-order valence-corrected chi connectivity index (χ3v) is 3.44. The van der Waals surface area contributed by atoms with Crippen molar-refractivity contribution in [3.05, 3.63) is 56.5 Å². The van der Waals surface area contributed by atoms with Crippen molar-refractivity contribution in [1.29, 1.82) is 0 Å². The van der Waals surface area contributed by atoms with Crippen LogP contribution in [0.15, 0.2) is 23.6 Å². The highest BCUT2D eigenvalue weighted by atomic mass is 35.5. The van der Waals surface area contributed by atoms with Gasteiger partial charge in [0.25, 0.3) is 0 Å². The highest BCUT2D eigenvalue weighted by Gasteiger charge is 2.22. The van der Waals surface area contributed by atoms with E-state index >= 15 is 0 Å². The van der Waals surface area contributed by atoms with Crippen LogP contribution in [0.4, 0.5) is 13.2 Å². The van der Waals surface area contributed by atoms with E-state index in [0.717, 1.165) is 17.4 Å². The largest absolute Gasteiger partial charge is 0.288 e. The van der Waals surface area contributed by atoms with E-state index in [0.29, 0.717) is 6.07 Å². The zero-order chi connectivity index (χ0) is 12.6. The molecule has 1 aromatic heterocycles. The molecule has 88 valence electrons. The minimum atomic E-state index is -1.66. The number of carbonyl (C=O) groups excluding carboxylic acids is 1. The minimum absolute atomic E-state index is 0.0941. The molecule has 2 rings (SSSR count). The fraction of sp³-hybridized carbons (Fsp3) is 0. The number of ketones is 1. The predicted octanol–water partition coefficient (Wildman–Crippen LogP) is 4.05. The van der Waals surface area contributed by atoms with Crippen molar-refractivity contribution in [1.82, 2.24) is 0 Å². The highest BCUT2D eigenvalue weighted by Crippen LogP contribution is 2.27. The minimum Gasteiger partial charge on any atom is -0.288 e. The topological polar surface area (TPSA) is 17.1 Å². The molecule has 0 aliphatic heterocycles. The summed E-state index contributed by atoms with van der Waals surface area (Å²) in [4.78, 5) is 11.9. The molecule has 0 atom stereocenters. The van der Waals surface area contributed by atoms with Gasteiger partial charge in [0, 0.05) is 0 Å². The Bertz CT molecular complexity index is 594. The van der Waals surface area contributed by atoms with Gasteiger partial charge in [-0.3, -0.25) is 4.79 Å². The van der Waals surface area contributed by atoms with Crippen LogP contribution in [-0.4, -0.2) is 5.78 Å². The predicted molar refractivity (Wildman–Crippen MR) is 59.1 cm³/mol. The summed E-state index contributed by atoms with van der Waals surface area (Å²) in [6.07, 6.45) is 0. The smallest absolute Gasteiger partial charge is 0.207 e. The van der Waals surface area contributed by atoms with Crippen LogP contribution in [0, 0.1) is 17.5 Å². The Morgan fingerprint density at radius 3 is 2.41 bits per heavy atom.